The zero-order valence-electron chi connectivity index (χ0n) is 13.1. The highest BCUT2D eigenvalue weighted by Crippen LogP contribution is 2.21. The molecule has 1 fully saturated rings. The minimum Gasteiger partial charge on any atom is -0.461 e. The summed E-state index contributed by atoms with van der Waals surface area (Å²) < 4.78 is 34.6. The van der Waals surface area contributed by atoms with E-state index in [2.05, 4.69) is 0 Å². The van der Waals surface area contributed by atoms with Gasteiger partial charge >= 0.3 is 5.97 Å². The molecule has 0 aromatic heterocycles. The Morgan fingerprint density at radius 2 is 2.13 bits per heavy atom. The Morgan fingerprint density at radius 3 is 2.78 bits per heavy atom. The topological polar surface area (TPSA) is 69.7 Å². The predicted molar refractivity (Wildman–Crippen MR) is 87.2 cm³/mol. The van der Waals surface area contributed by atoms with Crippen LogP contribution in [0.15, 0.2) is 23.1 Å². The Labute approximate surface area is 141 Å². The van der Waals surface area contributed by atoms with E-state index >= 15 is 0 Å². The van der Waals surface area contributed by atoms with Crippen LogP contribution in [-0.4, -0.2) is 32.9 Å². The van der Waals surface area contributed by atoms with E-state index in [1.54, 1.807) is 13.0 Å². The van der Waals surface area contributed by atoms with Crippen LogP contribution >= 0.6 is 11.6 Å². The number of hydrogen-bond acceptors (Lipinski definition) is 5. The minimum absolute atomic E-state index is 0.00164. The van der Waals surface area contributed by atoms with Crippen LogP contribution in [0.5, 0.6) is 0 Å². The lowest BCUT2D eigenvalue weighted by molar-refractivity contribution is -0.149. The molecule has 1 aromatic rings. The van der Waals surface area contributed by atoms with Crippen LogP contribution in [0.25, 0.3) is 0 Å². The van der Waals surface area contributed by atoms with Crippen molar-refractivity contribution < 1.29 is 22.7 Å². The lowest BCUT2D eigenvalue weighted by Crippen LogP contribution is -2.23. The van der Waals surface area contributed by atoms with Crippen LogP contribution in [0.3, 0.4) is 0 Å². The normalized spacial score (nSPS) is 18.6. The number of ether oxygens (including phenoxy) is 2. The molecular weight excluding hydrogens is 340 g/mol. The molecule has 1 saturated heterocycles. The highest BCUT2D eigenvalue weighted by Gasteiger charge is 2.19. The predicted octanol–water partition coefficient (Wildman–Crippen LogP) is 3.14. The second kappa shape index (κ2) is 8.13. The molecule has 0 radical (unpaired) electrons. The van der Waals surface area contributed by atoms with Gasteiger partial charge in [-0.3, -0.25) is 4.79 Å². The summed E-state index contributed by atoms with van der Waals surface area (Å²) in [5.74, 6) is -0.359. The summed E-state index contributed by atoms with van der Waals surface area (Å²) >= 11 is 5.96. The number of carbonyl (C=O) groups excluding carboxylic acids is 1. The molecule has 0 spiro atoms. The highest BCUT2D eigenvalue weighted by molar-refractivity contribution is 7.91. The molecule has 1 aromatic carbocycles. The Bertz CT molecular complexity index is 650. The van der Waals surface area contributed by atoms with Gasteiger partial charge in [-0.1, -0.05) is 18.5 Å². The van der Waals surface area contributed by atoms with Crippen LogP contribution < -0.4 is 0 Å². The first kappa shape index (κ1) is 18.2. The van der Waals surface area contributed by atoms with E-state index < -0.39 is 9.84 Å². The largest absolute Gasteiger partial charge is 0.461 e. The van der Waals surface area contributed by atoms with Gasteiger partial charge in [0.1, 0.15) is 6.61 Å². The van der Waals surface area contributed by atoms with E-state index in [9.17, 15) is 13.2 Å². The summed E-state index contributed by atoms with van der Waals surface area (Å²) in [6, 6.07) is 4.50. The molecule has 0 bridgehead atoms. The molecule has 1 aliphatic rings. The number of benzene rings is 1. The standard InChI is InChI=1S/C16H21ClO5S/c1-2-23(19,20)15-8-12(7-13(17)9-15)11-22-16(18)10-14-5-3-4-6-21-14/h7-9,14H,2-6,10-11H2,1H3. The Balaban J connectivity index is 1.96. The Hall–Kier alpha value is -1.11. The molecule has 1 unspecified atom stereocenters. The van der Waals surface area contributed by atoms with Gasteiger partial charge in [-0.05, 0) is 43.0 Å². The number of hydrogen-bond donors (Lipinski definition) is 0. The first-order valence-corrected chi connectivity index (χ1v) is 9.73. The van der Waals surface area contributed by atoms with Crippen LogP contribution in [0, 0.1) is 0 Å². The quantitative estimate of drug-likeness (QED) is 0.729. The fraction of sp³-hybridized carbons (Fsp3) is 0.562. The first-order valence-electron chi connectivity index (χ1n) is 7.70. The number of halogens is 1. The van der Waals surface area contributed by atoms with Crippen molar-refractivity contribution in [1.82, 2.24) is 0 Å². The van der Waals surface area contributed by atoms with Gasteiger partial charge in [0.2, 0.25) is 0 Å². The molecule has 0 aliphatic carbocycles. The Kier molecular flexibility index (Phi) is 6.44. The van der Waals surface area contributed by atoms with E-state index in [-0.39, 0.29) is 35.7 Å². The van der Waals surface area contributed by atoms with Gasteiger partial charge in [-0.25, -0.2) is 8.42 Å². The van der Waals surface area contributed by atoms with Gasteiger partial charge in [-0.2, -0.15) is 0 Å². The lowest BCUT2D eigenvalue weighted by atomic mass is 10.1. The third-order valence-electron chi connectivity index (χ3n) is 3.74. The number of rotatable bonds is 6. The van der Waals surface area contributed by atoms with Crippen LogP contribution in [0.2, 0.25) is 5.02 Å². The molecule has 7 heteroatoms. The van der Waals surface area contributed by atoms with Gasteiger partial charge in [0.15, 0.2) is 9.84 Å². The van der Waals surface area contributed by atoms with Crippen molar-refractivity contribution in [1.29, 1.82) is 0 Å². The maximum atomic E-state index is 11.9. The maximum absolute atomic E-state index is 11.9. The van der Waals surface area contributed by atoms with E-state index in [0.717, 1.165) is 19.3 Å². The lowest BCUT2D eigenvalue weighted by Gasteiger charge is -2.21. The average molecular weight is 361 g/mol. The molecule has 5 nitrogen and oxygen atoms in total. The van der Waals surface area contributed by atoms with Crippen molar-refractivity contribution in [2.24, 2.45) is 0 Å². The summed E-state index contributed by atoms with van der Waals surface area (Å²) in [5, 5.41) is 0.307. The molecule has 0 saturated carbocycles. The van der Waals surface area contributed by atoms with Crippen molar-refractivity contribution in [2.45, 2.75) is 50.2 Å². The zero-order valence-corrected chi connectivity index (χ0v) is 14.7. The molecule has 1 heterocycles. The molecule has 1 aliphatic heterocycles. The van der Waals surface area contributed by atoms with Crippen molar-refractivity contribution >= 4 is 27.4 Å². The average Bonchev–Trinajstić information content (AvgIpc) is 2.53. The first-order chi connectivity index (χ1) is 10.9. The fourth-order valence-corrected chi connectivity index (χ4v) is 3.72. The monoisotopic (exact) mass is 360 g/mol. The third kappa shape index (κ3) is 5.48. The summed E-state index contributed by atoms with van der Waals surface area (Å²) in [6.07, 6.45) is 3.10. The van der Waals surface area contributed by atoms with E-state index in [4.69, 9.17) is 21.1 Å². The number of sulfone groups is 1. The molecule has 23 heavy (non-hydrogen) atoms. The summed E-state index contributed by atoms with van der Waals surface area (Å²) in [5.41, 5.74) is 0.558. The van der Waals surface area contributed by atoms with Crippen LogP contribution in [0.4, 0.5) is 0 Å². The van der Waals surface area contributed by atoms with Gasteiger partial charge in [0, 0.05) is 11.6 Å². The van der Waals surface area contributed by atoms with Crippen molar-refractivity contribution in [3.05, 3.63) is 28.8 Å². The zero-order chi connectivity index (χ0) is 16.9. The van der Waals surface area contributed by atoms with Crippen molar-refractivity contribution in [3.63, 3.8) is 0 Å². The summed E-state index contributed by atoms with van der Waals surface area (Å²) in [6.45, 7) is 2.25. The van der Waals surface area contributed by atoms with E-state index in [1.807, 2.05) is 0 Å². The SMILES string of the molecule is CCS(=O)(=O)c1cc(Cl)cc(COC(=O)CC2CCCCO2)c1. The van der Waals surface area contributed by atoms with Gasteiger partial charge in [0.25, 0.3) is 0 Å². The highest BCUT2D eigenvalue weighted by atomic mass is 35.5. The van der Waals surface area contributed by atoms with Crippen molar-refractivity contribution in [2.75, 3.05) is 12.4 Å². The fourth-order valence-electron chi connectivity index (χ4n) is 2.43. The molecular formula is C16H21ClO5S. The minimum atomic E-state index is -3.35. The van der Waals surface area contributed by atoms with E-state index in [0.29, 0.717) is 17.2 Å². The van der Waals surface area contributed by atoms with Gasteiger partial charge in [-0.15, -0.1) is 0 Å². The van der Waals surface area contributed by atoms with Gasteiger partial charge < -0.3 is 9.47 Å². The molecule has 2 rings (SSSR count). The summed E-state index contributed by atoms with van der Waals surface area (Å²) in [4.78, 5) is 12.0. The number of esters is 1. The Morgan fingerprint density at radius 1 is 1.35 bits per heavy atom. The van der Waals surface area contributed by atoms with Crippen LogP contribution in [-0.2, 0) is 30.7 Å². The maximum Gasteiger partial charge on any atom is 0.308 e. The molecule has 1 atom stereocenters. The third-order valence-corrected chi connectivity index (χ3v) is 5.67. The smallest absolute Gasteiger partial charge is 0.308 e. The van der Waals surface area contributed by atoms with Gasteiger partial charge in [0.05, 0.1) is 23.2 Å². The second-order valence-electron chi connectivity index (χ2n) is 5.55. The van der Waals surface area contributed by atoms with Crippen molar-refractivity contribution in [3.8, 4) is 0 Å². The molecule has 128 valence electrons. The van der Waals surface area contributed by atoms with Crippen LogP contribution in [0.1, 0.15) is 38.2 Å². The summed E-state index contributed by atoms with van der Waals surface area (Å²) in [7, 11) is -3.35. The molecule has 0 N–H and O–H groups in total. The second-order valence-corrected chi connectivity index (χ2v) is 8.27. The van der Waals surface area contributed by atoms with E-state index in [1.165, 1.54) is 12.1 Å². The molecule has 0 amide bonds. The number of carbonyl (C=O) groups is 1.